The molecule has 0 aromatic heterocycles. The molecule has 0 saturated carbocycles. The predicted octanol–water partition coefficient (Wildman–Crippen LogP) is 1.69. The van der Waals surface area contributed by atoms with Gasteiger partial charge in [-0.2, -0.15) is 0 Å². The summed E-state index contributed by atoms with van der Waals surface area (Å²) in [6, 6.07) is 0. The van der Waals surface area contributed by atoms with E-state index in [0.29, 0.717) is 0 Å². The van der Waals surface area contributed by atoms with Crippen molar-refractivity contribution >= 4 is 10.1 Å². The van der Waals surface area contributed by atoms with E-state index in [1.807, 2.05) is 0 Å². The summed E-state index contributed by atoms with van der Waals surface area (Å²) in [4.78, 5) is 0. The van der Waals surface area contributed by atoms with Crippen molar-refractivity contribution < 1.29 is 15.1 Å². The monoisotopic (exact) mass is 139 g/mol. The van der Waals surface area contributed by atoms with E-state index >= 15 is 0 Å². The second-order valence-corrected chi connectivity index (χ2v) is 0.289. The summed E-state index contributed by atoms with van der Waals surface area (Å²) in [5.41, 5.74) is 0. The van der Waals surface area contributed by atoms with Crippen molar-refractivity contribution in [1.29, 1.82) is 0 Å². The summed E-state index contributed by atoms with van der Waals surface area (Å²) in [7, 11) is 4.20. The fraction of sp³-hybridized carbons (Fsp3) is 0. The van der Waals surface area contributed by atoms with Gasteiger partial charge in [0.05, 0.1) is 0 Å². The van der Waals surface area contributed by atoms with Crippen LogP contribution in [0.1, 0.15) is 0 Å². The number of halogens is 1. The molecule has 35 valence electrons. The van der Waals surface area contributed by atoms with E-state index in [4.69, 9.17) is 0 Å². The molecule has 0 radical (unpaired) electrons. The molecular weight excluding hydrogens is 135 g/mol. The van der Waals surface area contributed by atoms with E-state index in [1.165, 1.54) is 6.08 Å². The molecule has 0 aromatic carbocycles. The molecule has 0 aromatic rings. The van der Waals surface area contributed by atoms with Crippen LogP contribution in [0.4, 0.5) is 0 Å². The Morgan fingerprint density at radius 3 is 1.80 bits per heavy atom. The number of rotatable bonds is 0. The molecular formula is C3H5ClCu. The maximum atomic E-state index is 4.20. The van der Waals surface area contributed by atoms with Crippen molar-refractivity contribution in [2.75, 3.05) is 0 Å². The van der Waals surface area contributed by atoms with Crippen LogP contribution in [0.2, 0.25) is 0 Å². The van der Waals surface area contributed by atoms with Gasteiger partial charge in [-0.3, -0.25) is 0 Å². The maximum absolute atomic E-state index is 4.20. The SMILES string of the molecule is C=C[CH2-].[Cl][Cu+]. The molecule has 0 spiro atoms. The summed E-state index contributed by atoms with van der Waals surface area (Å²) in [6.07, 6.45) is 1.50. The van der Waals surface area contributed by atoms with Gasteiger partial charge in [0.15, 0.2) is 0 Å². The Balaban J connectivity index is 0. The van der Waals surface area contributed by atoms with Gasteiger partial charge in [-0.25, -0.2) is 19.6 Å². The molecule has 0 rings (SSSR count). The van der Waals surface area contributed by atoms with Crippen molar-refractivity contribution in [3.63, 3.8) is 0 Å². The average molecular weight is 140 g/mol. The molecule has 0 fully saturated rings. The van der Waals surface area contributed by atoms with Gasteiger partial charge >= 0.3 is 25.2 Å². The normalized spacial score (nSPS) is 3.80. The van der Waals surface area contributed by atoms with E-state index in [9.17, 15) is 0 Å². The first-order valence-corrected chi connectivity index (χ1v) is 2.23. The van der Waals surface area contributed by atoms with E-state index in [0.717, 1.165) is 0 Å². The van der Waals surface area contributed by atoms with Crippen molar-refractivity contribution in [2.24, 2.45) is 0 Å². The molecule has 0 N–H and O–H groups in total. The Morgan fingerprint density at radius 1 is 1.80 bits per heavy atom. The number of hydrogen-bond acceptors (Lipinski definition) is 0. The van der Waals surface area contributed by atoms with Crippen molar-refractivity contribution in [2.45, 2.75) is 0 Å². The second-order valence-electron chi connectivity index (χ2n) is 0.289. The molecule has 0 bridgehead atoms. The van der Waals surface area contributed by atoms with Crippen LogP contribution in [0, 0.1) is 6.92 Å². The van der Waals surface area contributed by atoms with Gasteiger partial charge in [0.2, 0.25) is 0 Å². The second kappa shape index (κ2) is 25.6. The van der Waals surface area contributed by atoms with Crippen molar-refractivity contribution in [1.82, 2.24) is 0 Å². The van der Waals surface area contributed by atoms with Crippen molar-refractivity contribution in [3.05, 3.63) is 19.6 Å². The molecule has 0 aliphatic rings. The van der Waals surface area contributed by atoms with Crippen LogP contribution in [-0.4, -0.2) is 0 Å². The van der Waals surface area contributed by atoms with Crippen LogP contribution < -0.4 is 0 Å². The zero-order chi connectivity index (χ0) is 4.71. The van der Waals surface area contributed by atoms with Gasteiger partial charge in [0.25, 0.3) is 0 Å². The Bertz CT molecular complexity index is 14.4. The summed E-state index contributed by atoms with van der Waals surface area (Å²) in [5, 5.41) is 0. The number of hydrogen-bond donors (Lipinski definition) is 0. The molecule has 0 aliphatic heterocycles. The first-order valence-electron chi connectivity index (χ1n) is 0.930. The van der Waals surface area contributed by atoms with Crippen LogP contribution in [-0.2, 0) is 15.1 Å². The van der Waals surface area contributed by atoms with Gasteiger partial charge in [-0.1, -0.05) is 0 Å². The van der Waals surface area contributed by atoms with Crippen LogP contribution in [0.15, 0.2) is 12.7 Å². The minimum atomic E-state index is 1.50. The van der Waals surface area contributed by atoms with E-state index in [1.54, 1.807) is 0 Å². The van der Waals surface area contributed by atoms with Crippen LogP contribution >= 0.6 is 10.1 Å². The molecule has 0 saturated heterocycles. The molecule has 0 heterocycles. The summed E-state index contributed by atoms with van der Waals surface area (Å²) >= 11 is 3.66. The summed E-state index contributed by atoms with van der Waals surface area (Å²) < 4.78 is 0. The molecule has 0 atom stereocenters. The van der Waals surface area contributed by atoms with Crippen LogP contribution in [0.5, 0.6) is 0 Å². The molecule has 5 heavy (non-hydrogen) atoms. The fourth-order valence-electron chi connectivity index (χ4n) is 0. The third kappa shape index (κ3) is 147. The van der Waals surface area contributed by atoms with Crippen molar-refractivity contribution in [3.8, 4) is 0 Å². The Morgan fingerprint density at radius 2 is 1.80 bits per heavy atom. The summed E-state index contributed by atoms with van der Waals surface area (Å²) in [6.45, 7) is 6.50. The zero-order valence-corrected chi connectivity index (χ0v) is 4.37. The Kier molecular flexibility index (Phi) is 46.4. The standard InChI is InChI=1S/C3H5.ClH.Cu/c1-3-2;;/h3H,1-2H2;1H;/q-1;;+2/p-1. The molecule has 2 heteroatoms. The Labute approximate surface area is 45.3 Å². The average Bonchev–Trinajstić information content (AvgIpc) is 1.46. The third-order valence-corrected chi connectivity index (χ3v) is 0. The van der Waals surface area contributed by atoms with E-state index in [-0.39, 0.29) is 0 Å². The van der Waals surface area contributed by atoms with Gasteiger partial charge in [0, 0.05) is 0 Å². The molecule has 0 aliphatic carbocycles. The fourth-order valence-corrected chi connectivity index (χ4v) is 0. The van der Waals surface area contributed by atoms with Gasteiger partial charge in [0.1, 0.15) is 0 Å². The van der Waals surface area contributed by atoms with Gasteiger partial charge < -0.3 is 0 Å². The number of allylic oxidation sites excluding steroid dienone is 1. The summed E-state index contributed by atoms with van der Waals surface area (Å²) in [5.74, 6) is 0. The molecule has 0 nitrogen and oxygen atoms in total. The first-order chi connectivity index (χ1) is 2.41. The van der Waals surface area contributed by atoms with E-state index in [2.05, 4.69) is 38.7 Å². The molecule has 0 amide bonds. The third-order valence-electron chi connectivity index (χ3n) is 0. The Hall–Kier alpha value is 0.419. The quantitative estimate of drug-likeness (QED) is 0.355. The van der Waals surface area contributed by atoms with Crippen LogP contribution in [0.3, 0.4) is 0 Å². The van der Waals surface area contributed by atoms with Gasteiger partial charge in [-0.05, 0) is 0 Å². The topological polar surface area (TPSA) is 0 Å². The first kappa shape index (κ1) is 9.05. The van der Waals surface area contributed by atoms with Crippen LogP contribution in [0.25, 0.3) is 0 Å². The van der Waals surface area contributed by atoms with E-state index < -0.39 is 0 Å². The predicted molar refractivity (Wildman–Crippen MR) is 21.4 cm³/mol. The zero-order valence-electron chi connectivity index (χ0n) is 2.67. The molecule has 0 unspecified atom stereocenters. The van der Waals surface area contributed by atoms with Gasteiger partial charge in [-0.15, -0.1) is 0 Å². The minimum absolute atomic E-state index is 1.50.